The SMILES string of the molecule is CC1(C)CCCC(CN)(Nc2ccccc2F)C1. The predicted octanol–water partition coefficient (Wildman–Crippen LogP) is 3.54. The summed E-state index contributed by atoms with van der Waals surface area (Å²) in [5, 5.41) is 3.37. The molecule has 1 unspecified atom stereocenters. The van der Waals surface area contributed by atoms with Crippen molar-refractivity contribution in [3.8, 4) is 0 Å². The van der Waals surface area contributed by atoms with Crippen molar-refractivity contribution in [3.63, 3.8) is 0 Å². The van der Waals surface area contributed by atoms with Gasteiger partial charge in [-0.25, -0.2) is 4.39 Å². The zero-order valence-corrected chi connectivity index (χ0v) is 11.3. The predicted molar refractivity (Wildman–Crippen MR) is 74.1 cm³/mol. The Morgan fingerprint density at radius 1 is 1.28 bits per heavy atom. The van der Waals surface area contributed by atoms with E-state index in [0.717, 1.165) is 19.3 Å². The van der Waals surface area contributed by atoms with Crippen molar-refractivity contribution in [2.45, 2.75) is 45.1 Å². The molecule has 0 bridgehead atoms. The number of hydrogen-bond donors (Lipinski definition) is 2. The van der Waals surface area contributed by atoms with E-state index >= 15 is 0 Å². The van der Waals surface area contributed by atoms with Gasteiger partial charge in [-0.1, -0.05) is 32.4 Å². The highest BCUT2D eigenvalue weighted by Gasteiger charge is 2.39. The Hall–Kier alpha value is -1.09. The molecule has 0 saturated heterocycles. The lowest BCUT2D eigenvalue weighted by molar-refractivity contribution is 0.170. The number of benzene rings is 1. The number of rotatable bonds is 3. The largest absolute Gasteiger partial charge is 0.376 e. The first-order valence-corrected chi connectivity index (χ1v) is 6.69. The quantitative estimate of drug-likeness (QED) is 0.861. The van der Waals surface area contributed by atoms with Crippen LogP contribution >= 0.6 is 0 Å². The summed E-state index contributed by atoms with van der Waals surface area (Å²) in [6, 6.07) is 6.83. The van der Waals surface area contributed by atoms with Gasteiger partial charge in [-0.05, 0) is 36.8 Å². The Bertz CT molecular complexity index is 417. The molecule has 1 aromatic rings. The van der Waals surface area contributed by atoms with E-state index in [4.69, 9.17) is 5.73 Å². The molecule has 2 nitrogen and oxygen atoms in total. The number of para-hydroxylation sites is 1. The van der Waals surface area contributed by atoms with Crippen LogP contribution in [0.4, 0.5) is 10.1 Å². The van der Waals surface area contributed by atoms with Gasteiger partial charge in [0, 0.05) is 6.54 Å². The van der Waals surface area contributed by atoms with E-state index in [1.807, 2.05) is 6.07 Å². The number of anilines is 1. The highest BCUT2D eigenvalue weighted by Crippen LogP contribution is 2.42. The maximum absolute atomic E-state index is 13.7. The summed E-state index contributed by atoms with van der Waals surface area (Å²) in [5.41, 5.74) is 6.65. The average Bonchev–Trinajstić information content (AvgIpc) is 2.31. The van der Waals surface area contributed by atoms with Crippen LogP contribution in [0.2, 0.25) is 0 Å². The van der Waals surface area contributed by atoms with Crippen LogP contribution < -0.4 is 11.1 Å². The molecule has 100 valence electrons. The van der Waals surface area contributed by atoms with Crippen LogP contribution in [-0.2, 0) is 0 Å². The number of halogens is 1. The van der Waals surface area contributed by atoms with E-state index < -0.39 is 0 Å². The molecule has 1 aliphatic rings. The van der Waals surface area contributed by atoms with E-state index in [0.29, 0.717) is 12.2 Å². The Morgan fingerprint density at radius 3 is 2.61 bits per heavy atom. The molecule has 0 spiro atoms. The second-order valence-electron chi connectivity index (χ2n) is 6.28. The normalized spacial score (nSPS) is 26.9. The number of hydrogen-bond acceptors (Lipinski definition) is 2. The van der Waals surface area contributed by atoms with Gasteiger partial charge in [0.05, 0.1) is 11.2 Å². The van der Waals surface area contributed by atoms with E-state index in [2.05, 4.69) is 19.2 Å². The van der Waals surface area contributed by atoms with Crippen molar-refractivity contribution < 1.29 is 4.39 Å². The topological polar surface area (TPSA) is 38.0 Å². The summed E-state index contributed by atoms with van der Waals surface area (Å²) < 4.78 is 13.7. The fourth-order valence-electron chi connectivity index (χ4n) is 3.18. The molecule has 1 saturated carbocycles. The summed E-state index contributed by atoms with van der Waals surface area (Å²) in [6.07, 6.45) is 4.37. The molecular formula is C15H23FN2. The van der Waals surface area contributed by atoms with Crippen molar-refractivity contribution >= 4 is 5.69 Å². The van der Waals surface area contributed by atoms with Crippen LogP contribution in [0.5, 0.6) is 0 Å². The standard InChI is InChI=1S/C15H23FN2/c1-14(2)8-5-9-15(10-14,11-17)18-13-7-4-3-6-12(13)16/h3-4,6-7,18H,5,8-11,17H2,1-2H3. The van der Waals surface area contributed by atoms with Crippen molar-refractivity contribution in [3.05, 3.63) is 30.1 Å². The lowest BCUT2D eigenvalue weighted by Crippen LogP contribution is -2.51. The van der Waals surface area contributed by atoms with Crippen LogP contribution in [0.25, 0.3) is 0 Å². The minimum Gasteiger partial charge on any atom is -0.376 e. The Kier molecular flexibility index (Phi) is 3.62. The van der Waals surface area contributed by atoms with Crippen LogP contribution in [-0.4, -0.2) is 12.1 Å². The van der Waals surface area contributed by atoms with Crippen molar-refractivity contribution in [2.75, 3.05) is 11.9 Å². The molecule has 18 heavy (non-hydrogen) atoms. The summed E-state index contributed by atoms with van der Waals surface area (Å²) in [7, 11) is 0. The third-order valence-corrected chi connectivity index (χ3v) is 3.99. The summed E-state index contributed by atoms with van der Waals surface area (Å²) in [4.78, 5) is 0. The highest BCUT2D eigenvalue weighted by atomic mass is 19.1. The first-order chi connectivity index (χ1) is 8.46. The van der Waals surface area contributed by atoms with Gasteiger partial charge < -0.3 is 11.1 Å². The molecule has 0 amide bonds. The van der Waals surface area contributed by atoms with Crippen molar-refractivity contribution in [1.29, 1.82) is 0 Å². The molecule has 2 rings (SSSR count). The Balaban J connectivity index is 2.21. The van der Waals surface area contributed by atoms with Gasteiger partial charge in [0.1, 0.15) is 5.82 Å². The monoisotopic (exact) mass is 250 g/mol. The molecule has 1 aromatic carbocycles. The average molecular weight is 250 g/mol. The summed E-state index contributed by atoms with van der Waals surface area (Å²) in [5.74, 6) is -0.200. The maximum atomic E-state index is 13.7. The van der Waals surface area contributed by atoms with Gasteiger partial charge in [-0.3, -0.25) is 0 Å². The van der Waals surface area contributed by atoms with Gasteiger partial charge >= 0.3 is 0 Å². The van der Waals surface area contributed by atoms with Crippen LogP contribution in [0, 0.1) is 11.2 Å². The van der Waals surface area contributed by atoms with Gasteiger partial charge in [-0.2, -0.15) is 0 Å². The molecule has 0 aromatic heterocycles. The molecule has 1 fully saturated rings. The molecule has 0 aliphatic heterocycles. The fraction of sp³-hybridized carbons (Fsp3) is 0.600. The third kappa shape index (κ3) is 2.83. The van der Waals surface area contributed by atoms with Crippen LogP contribution in [0.3, 0.4) is 0 Å². The van der Waals surface area contributed by atoms with Gasteiger partial charge in [0.25, 0.3) is 0 Å². The number of nitrogens with two attached hydrogens (primary N) is 1. The zero-order valence-electron chi connectivity index (χ0n) is 11.3. The summed E-state index contributed by atoms with van der Waals surface area (Å²) >= 11 is 0. The molecule has 3 heteroatoms. The van der Waals surface area contributed by atoms with Crippen LogP contribution in [0.15, 0.2) is 24.3 Å². The lowest BCUT2D eigenvalue weighted by atomic mass is 9.68. The van der Waals surface area contributed by atoms with E-state index in [1.165, 1.54) is 12.5 Å². The molecule has 1 atom stereocenters. The fourth-order valence-corrected chi connectivity index (χ4v) is 3.18. The van der Waals surface area contributed by atoms with Gasteiger partial charge in [0.15, 0.2) is 0 Å². The zero-order chi connectivity index (χ0) is 13.2. The van der Waals surface area contributed by atoms with E-state index in [-0.39, 0.29) is 16.8 Å². The first-order valence-electron chi connectivity index (χ1n) is 6.69. The first kappa shape index (κ1) is 13.3. The Morgan fingerprint density at radius 2 is 2.00 bits per heavy atom. The van der Waals surface area contributed by atoms with Gasteiger partial charge in [-0.15, -0.1) is 0 Å². The minimum absolute atomic E-state index is 0.163. The minimum atomic E-state index is -0.200. The second-order valence-corrected chi connectivity index (χ2v) is 6.28. The van der Waals surface area contributed by atoms with Crippen molar-refractivity contribution in [1.82, 2.24) is 0 Å². The molecule has 0 heterocycles. The second kappa shape index (κ2) is 4.88. The molecule has 1 aliphatic carbocycles. The third-order valence-electron chi connectivity index (χ3n) is 3.99. The molecule has 3 N–H and O–H groups in total. The smallest absolute Gasteiger partial charge is 0.146 e. The maximum Gasteiger partial charge on any atom is 0.146 e. The van der Waals surface area contributed by atoms with Crippen LogP contribution in [0.1, 0.15) is 39.5 Å². The Labute approximate surface area is 109 Å². The highest BCUT2D eigenvalue weighted by molar-refractivity contribution is 5.47. The van der Waals surface area contributed by atoms with Crippen molar-refractivity contribution in [2.24, 2.45) is 11.1 Å². The van der Waals surface area contributed by atoms with E-state index in [1.54, 1.807) is 12.1 Å². The van der Waals surface area contributed by atoms with Gasteiger partial charge in [0.2, 0.25) is 0 Å². The molecule has 0 radical (unpaired) electrons. The lowest BCUT2D eigenvalue weighted by Gasteiger charge is -2.45. The van der Waals surface area contributed by atoms with E-state index in [9.17, 15) is 4.39 Å². The molecular weight excluding hydrogens is 227 g/mol. The number of nitrogens with one attached hydrogen (secondary N) is 1. The summed E-state index contributed by atoms with van der Waals surface area (Å²) in [6.45, 7) is 5.07.